The van der Waals surface area contributed by atoms with Crippen molar-refractivity contribution in [3.63, 3.8) is 0 Å². The van der Waals surface area contributed by atoms with E-state index < -0.39 is 0 Å². The summed E-state index contributed by atoms with van der Waals surface area (Å²) in [6, 6.07) is 30.1. The Hall–Kier alpha value is -3.34. The van der Waals surface area contributed by atoms with E-state index in [4.69, 9.17) is 4.74 Å². The quantitative estimate of drug-likeness (QED) is 0.276. The zero-order valence-electron chi connectivity index (χ0n) is 22.7. The highest BCUT2D eigenvalue weighted by Crippen LogP contribution is 2.41. The lowest BCUT2D eigenvalue weighted by molar-refractivity contribution is 0.0792. The zero-order chi connectivity index (χ0) is 26.1. The molecule has 0 aliphatic carbocycles. The number of aryl methyl sites for hydroxylation is 1. The van der Waals surface area contributed by atoms with Crippen molar-refractivity contribution in [2.24, 2.45) is 0 Å². The van der Waals surface area contributed by atoms with Gasteiger partial charge in [-0.2, -0.15) is 0 Å². The van der Waals surface area contributed by atoms with Gasteiger partial charge >= 0.3 is 0 Å². The van der Waals surface area contributed by atoms with Crippen LogP contribution in [0.5, 0.6) is 5.75 Å². The average molecular weight is 541 g/mol. The van der Waals surface area contributed by atoms with Crippen molar-refractivity contribution in [1.82, 2.24) is 10.2 Å². The number of para-hydroxylation sites is 1. The number of carbonyl (C=O) groups is 1. The normalized spacial score (nSPS) is 19.2. The van der Waals surface area contributed by atoms with E-state index in [0.717, 1.165) is 55.8 Å². The third-order valence-corrected chi connectivity index (χ3v) is 8.32. The van der Waals surface area contributed by atoms with E-state index in [0.29, 0.717) is 0 Å². The monoisotopic (exact) mass is 540 g/mol. The molecule has 4 nitrogen and oxygen atoms in total. The lowest BCUT2D eigenvalue weighted by atomic mass is 9.83. The molecule has 39 heavy (non-hydrogen) atoms. The first kappa shape index (κ1) is 27.2. The maximum absolute atomic E-state index is 13.3. The van der Waals surface area contributed by atoms with Crippen LogP contribution >= 0.6 is 12.4 Å². The maximum Gasteiger partial charge on any atom is 0.254 e. The van der Waals surface area contributed by atoms with Gasteiger partial charge in [0.1, 0.15) is 11.9 Å². The van der Waals surface area contributed by atoms with Gasteiger partial charge in [-0.3, -0.25) is 4.79 Å². The highest BCUT2D eigenvalue weighted by Gasteiger charge is 2.31. The molecule has 4 aromatic rings. The maximum atomic E-state index is 13.3. The Kier molecular flexibility index (Phi) is 8.25. The van der Waals surface area contributed by atoms with Gasteiger partial charge in [-0.15, -0.1) is 12.4 Å². The Balaban J connectivity index is 0.00000308. The molecule has 4 aromatic carbocycles. The van der Waals surface area contributed by atoms with Crippen molar-refractivity contribution >= 4 is 29.1 Å². The molecule has 1 saturated heterocycles. The number of hydrogen-bond acceptors (Lipinski definition) is 3. The molecule has 0 bridgehead atoms. The lowest BCUT2D eigenvalue weighted by Gasteiger charge is -2.34. The molecule has 202 valence electrons. The van der Waals surface area contributed by atoms with Gasteiger partial charge in [-0.1, -0.05) is 72.8 Å². The minimum absolute atomic E-state index is 0. The van der Waals surface area contributed by atoms with Crippen LogP contribution in [-0.2, 0) is 0 Å². The lowest BCUT2D eigenvalue weighted by Crippen LogP contribution is -2.37. The van der Waals surface area contributed by atoms with E-state index in [-0.39, 0.29) is 36.4 Å². The van der Waals surface area contributed by atoms with Gasteiger partial charge < -0.3 is 15.0 Å². The van der Waals surface area contributed by atoms with Crippen molar-refractivity contribution in [2.75, 3.05) is 19.6 Å². The van der Waals surface area contributed by atoms with E-state index in [2.05, 4.69) is 91.1 Å². The molecule has 0 unspecified atom stereocenters. The smallest absolute Gasteiger partial charge is 0.254 e. The number of nitrogens with zero attached hydrogens (tertiary/aromatic N) is 1. The predicted molar refractivity (Wildman–Crippen MR) is 161 cm³/mol. The number of fused-ring (bicyclic) bond motifs is 2. The fourth-order valence-corrected chi connectivity index (χ4v) is 6.16. The Morgan fingerprint density at radius 2 is 1.72 bits per heavy atom. The van der Waals surface area contributed by atoms with Crippen LogP contribution in [-0.4, -0.2) is 36.5 Å². The number of carbonyl (C=O) groups excluding carboxylic acids is 1. The highest BCUT2D eigenvalue weighted by molar-refractivity contribution is 5.96. The third-order valence-electron chi connectivity index (χ3n) is 8.32. The molecule has 2 heterocycles. The number of rotatable bonds is 6. The number of hydrogen-bond donors (Lipinski definition) is 1. The molecule has 0 aromatic heterocycles. The molecule has 5 heteroatoms. The summed E-state index contributed by atoms with van der Waals surface area (Å²) in [6.07, 6.45) is 3.10. The second-order valence-electron chi connectivity index (χ2n) is 10.8. The van der Waals surface area contributed by atoms with Crippen molar-refractivity contribution in [3.05, 3.63) is 113 Å². The van der Waals surface area contributed by atoms with Gasteiger partial charge in [0.25, 0.3) is 5.91 Å². The Labute approximate surface area is 237 Å². The molecule has 2 aliphatic heterocycles. The SMILES string of the molecule is Cc1ccc([C@@H]2C[C@H](CN[C@H](C)c3cccc4ccccc34)Oc3ccccc32)cc1C(=O)N1CCCC1.Cl. The van der Waals surface area contributed by atoms with Gasteiger partial charge in [0.2, 0.25) is 0 Å². The van der Waals surface area contributed by atoms with Crippen molar-refractivity contribution < 1.29 is 9.53 Å². The molecule has 1 amide bonds. The number of nitrogens with one attached hydrogen (secondary N) is 1. The summed E-state index contributed by atoms with van der Waals surface area (Å²) >= 11 is 0. The van der Waals surface area contributed by atoms with Crippen LogP contribution in [0.1, 0.15) is 70.8 Å². The first-order valence-corrected chi connectivity index (χ1v) is 13.9. The average Bonchev–Trinajstić information content (AvgIpc) is 3.50. The van der Waals surface area contributed by atoms with Crippen molar-refractivity contribution in [2.45, 2.75) is 51.2 Å². The second-order valence-corrected chi connectivity index (χ2v) is 10.8. The van der Waals surface area contributed by atoms with Crippen LogP contribution in [0.3, 0.4) is 0 Å². The molecular formula is C34H37ClN2O2. The van der Waals surface area contributed by atoms with Crippen molar-refractivity contribution in [3.8, 4) is 5.75 Å². The molecule has 0 spiro atoms. The van der Waals surface area contributed by atoms with Crippen LogP contribution in [0.15, 0.2) is 84.9 Å². The predicted octanol–water partition coefficient (Wildman–Crippen LogP) is 7.44. The molecule has 1 fully saturated rings. The molecule has 1 N–H and O–H groups in total. The number of amides is 1. The fraction of sp³-hybridized carbons (Fsp3) is 0.324. The molecule has 2 aliphatic rings. The van der Waals surface area contributed by atoms with Gasteiger partial charge in [-0.05, 0) is 72.7 Å². The summed E-state index contributed by atoms with van der Waals surface area (Å²) in [5, 5.41) is 6.31. The van der Waals surface area contributed by atoms with E-state index in [9.17, 15) is 4.79 Å². The minimum Gasteiger partial charge on any atom is -0.489 e. The van der Waals surface area contributed by atoms with Gasteiger partial charge in [-0.25, -0.2) is 0 Å². The zero-order valence-corrected chi connectivity index (χ0v) is 23.5. The van der Waals surface area contributed by atoms with E-state index >= 15 is 0 Å². The fourth-order valence-electron chi connectivity index (χ4n) is 6.16. The summed E-state index contributed by atoms with van der Waals surface area (Å²) in [6.45, 7) is 6.76. The van der Waals surface area contributed by atoms with E-state index in [1.807, 2.05) is 17.9 Å². The van der Waals surface area contributed by atoms with Crippen LogP contribution in [0, 0.1) is 6.92 Å². The van der Waals surface area contributed by atoms with Crippen LogP contribution in [0.4, 0.5) is 0 Å². The van der Waals surface area contributed by atoms with Crippen LogP contribution in [0.2, 0.25) is 0 Å². The summed E-state index contributed by atoms with van der Waals surface area (Å²) in [5.74, 6) is 1.30. The largest absolute Gasteiger partial charge is 0.489 e. The van der Waals surface area contributed by atoms with E-state index in [1.54, 1.807) is 0 Å². The van der Waals surface area contributed by atoms with Gasteiger partial charge in [0, 0.05) is 42.7 Å². The van der Waals surface area contributed by atoms with Crippen molar-refractivity contribution in [1.29, 1.82) is 0 Å². The first-order valence-electron chi connectivity index (χ1n) is 13.9. The summed E-state index contributed by atoms with van der Waals surface area (Å²) in [5.41, 5.74) is 5.59. The Morgan fingerprint density at radius 3 is 2.56 bits per heavy atom. The third kappa shape index (κ3) is 5.54. The molecule has 3 atom stereocenters. The Bertz CT molecular complexity index is 1460. The minimum atomic E-state index is 0. The van der Waals surface area contributed by atoms with Gasteiger partial charge in [0.15, 0.2) is 0 Å². The molecule has 0 radical (unpaired) electrons. The standard InChI is InChI=1S/C34H36N2O2.ClH/c1-23-16-17-26(20-31(23)34(37)36-18-7-8-19-36)32-21-27(38-33-15-6-5-13-30(32)33)22-35-24(2)28-14-9-11-25-10-3-4-12-29(25)28;/h3-6,9-17,20,24,27,32,35H,7-8,18-19,21-22H2,1-2H3;1H/t24-,27-,32+;/m1./s1. The summed E-state index contributed by atoms with van der Waals surface area (Å²) in [7, 11) is 0. The number of likely N-dealkylation sites (tertiary alicyclic amines) is 1. The van der Waals surface area contributed by atoms with E-state index in [1.165, 1.54) is 27.5 Å². The Morgan fingerprint density at radius 1 is 0.974 bits per heavy atom. The second kappa shape index (κ2) is 11.8. The molecular weight excluding hydrogens is 504 g/mol. The number of benzene rings is 4. The summed E-state index contributed by atoms with van der Waals surface area (Å²) in [4.78, 5) is 15.3. The van der Waals surface area contributed by atoms with Gasteiger partial charge in [0.05, 0.1) is 0 Å². The first-order chi connectivity index (χ1) is 18.6. The molecule has 0 saturated carbocycles. The highest BCUT2D eigenvalue weighted by atomic mass is 35.5. The topological polar surface area (TPSA) is 41.6 Å². The number of ether oxygens (including phenoxy) is 1. The van der Waals surface area contributed by atoms with Crippen LogP contribution in [0.25, 0.3) is 10.8 Å². The van der Waals surface area contributed by atoms with Crippen LogP contribution < -0.4 is 10.1 Å². The number of halogens is 1. The molecule has 6 rings (SSSR count). The summed E-state index contributed by atoms with van der Waals surface area (Å²) < 4.78 is 6.50.